The highest BCUT2D eigenvalue weighted by Crippen LogP contribution is 2.36. The predicted molar refractivity (Wildman–Crippen MR) is 98.9 cm³/mol. The summed E-state index contributed by atoms with van der Waals surface area (Å²) >= 11 is 1.22. The molecule has 6 heteroatoms. The first-order valence-corrected chi connectivity index (χ1v) is 9.44. The zero-order chi connectivity index (χ0) is 16.9. The van der Waals surface area contributed by atoms with Crippen molar-refractivity contribution >= 4 is 28.0 Å². The van der Waals surface area contributed by atoms with Crippen LogP contribution in [0, 0.1) is 0 Å². The lowest BCUT2D eigenvalue weighted by Crippen LogP contribution is -2.25. The molecule has 0 aliphatic rings. The molecule has 0 amide bonds. The lowest BCUT2D eigenvalue weighted by atomic mass is 10.2. The highest BCUT2D eigenvalue weighted by atomic mass is 32.2. The van der Waals surface area contributed by atoms with Crippen molar-refractivity contribution < 1.29 is 9.32 Å². The molecule has 0 spiro atoms. The van der Waals surface area contributed by atoms with Crippen molar-refractivity contribution in [3.8, 4) is 5.75 Å². The van der Waals surface area contributed by atoms with Gasteiger partial charge in [0.1, 0.15) is 11.0 Å². The van der Waals surface area contributed by atoms with E-state index in [0.29, 0.717) is 17.3 Å². The molecular weight excluding hydrogens is 340 g/mol. The van der Waals surface area contributed by atoms with Crippen molar-refractivity contribution in [3.05, 3.63) is 77.2 Å². The molecule has 0 radical (unpaired) electrons. The number of aromatic hydroxyl groups is 1. The Kier molecular flexibility index (Phi) is 5.30. The van der Waals surface area contributed by atoms with Crippen molar-refractivity contribution in [1.82, 2.24) is 4.31 Å². The molecule has 3 rings (SSSR count). The standard InChI is InChI=1S/C18H18N2O2S2/c19-16-13-23-18(17(16)21)24(22)20(11-14-7-3-1-4-8-14)12-15-9-5-2-6-10-15/h1-10,13,21H,11-12,19H2. The minimum Gasteiger partial charge on any atom is -0.504 e. The minimum absolute atomic E-state index is 0.0792. The van der Waals surface area contributed by atoms with Gasteiger partial charge in [-0.15, -0.1) is 11.3 Å². The minimum atomic E-state index is -1.49. The average molecular weight is 358 g/mol. The number of rotatable bonds is 6. The van der Waals surface area contributed by atoms with Crippen LogP contribution in [0.2, 0.25) is 0 Å². The summed E-state index contributed by atoms with van der Waals surface area (Å²) in [4.78, 5) is 0. The summed E-state index contributed by atoms with van der Waals surface area (Å²) in [6, 6.07) is 19.7. The molecule has 0 saturated carbocycles. The lowest BCUT2D eigenvalue weighted by molar-refractivity contribution is 0.429. The van der Waals surface area contributed by atoms with Crippen LogP contribution in [0.15, 0.2) is 70.3 Å². The Labute approximate surface area is 147 Å². The third-order valence-electron chi connectivity index (χ3n) is 3.56. The van der Waals surface area contributed by atoms with Crippen LogP contribution in [-0.4, -0.2) is 13.6 Å². The van der Waals surface area contributed by atoms with Gasteiger partial charge in [0.2, 0.25) is 0 Å². The van der Waals surface area contributed by atoms with E-state index in [1.54, 1.807) is 5.38 Å². The number of benzene rings is 2. The number of thiophene rings is 1. The van der Waals surface area contributed by atoms with E-state index in [0.717, 1.165) is 11.1 Å². The molecular formula is C18H18N2O2S2. The van der Waals surface area contributed by atoms with Gasteiger partial charge in [-0.2, -0.15) is 0 Å². The number of nitrogens with two attached hydrogens (primary N) is 1. The molecule has 3 aromatic rings. The first kappa shape index (κ1) is 16.7. The molecule has 0 aliphatic carbocycles. The van der Waals surface area contributed by atoms with Crippen LogP contribution in [0.4, 0.5) is 5.69 Å². The van der Waals surface area contributed by atoms with Crippen LogP contribution in [0.1, 0.15) is 11.1 Å². The number of hydrogen-bond acceptors (Lipinski definition) is 4. The number of nitrogen functional groups attached to an aromatic ring is 1. The summed E-state index contributed by atoms with van der Waals surface area (Å²) in [5.74, 6) is -0.0792. The van der Waals surface area contributed by atoms with Gasteiger partial charge < -0.3 is 10.8 Å². The van der Waals surface area contributed by atoms with Gasteiger partial charge in [0.25, 0.3) is 0 Å². The second-order valence-corrected chi connectivity index (χ2v) is 7.91. The Bertz CT molecular complexity index is 778. The van der Waals surface area contributed by atoms with E-state index in [4.69, 9.17) is 5.73 Å². The van der Waals surface area contributed by atoms with Gasteiger partial charge in [-0.3, -0.25) is 0 Å². The van der Waals surface area contributed by atoms with Gasteiger partial charge in [-0.1, -0.05) is 60.7 Å². The van der Waals surface area contributed by atoms with Crippen LogP contribution in [0.3, 0.4) is 0 Å². The van der Waals surface area contributed by atoms with Crippen LogP contribution < -0.4 is 5.73 Å². The maximum atomic E-state index is 13.0. The largest absolute Gasteiger partial charge is 0.504 e. The smallest absolute Gasteiger partial charge is 0.167 e. The van der Waals surface area contributed by atoms with Crippen molar-refractivity contribution in [3.63, 3.8) is 0 Å². The van der Waals surface area contributed by atoms with Gasteiger partial charge in [-0.25, -0.2) is 8.51 Å². The third kappa shape index (κ3) is 3.84. The fraction of sp³-hybridized carbons (Fsp3) is 0.111. The van der Waals surface area contributed by atoms with Crippen LogP contribution in [0.25, 0.3) is 0 Å². The number of anilines is 1. The van der Waals surface area contributed by atoms with Gasteiger partial charge in [-0.05, 0) is 11.1 Å². The van der Waals surface area contributed by atoms with E-state index < -0.39 is 11.0 Å². The summed E-state index contributed by atoms with van der Waals surface area (Å²) in [5.41, 5.74) is 8.08. The molecule has 3 N–H and O–H groups in total. The van der Waals surface area contributed by atoms with E-state index in [1.807, 2.05) is 65.0 Å². The number of hydrogen-bond donors (Lipinski definition) is 2. The second-order valence-electron chi connectivity index (χ2n) is 5.35. The van der Waals surface area contributed by atoms with Crippen molar-refractivity contribution in [2.75, 3.05) is 5.73 Å². The Morgan fingerprint density at radius 2 is 1.46 bits per heavy atom. The van der Waals surface area contributed by atoms with Crippen LogP contribution in [-0.2, 0) is 24.1 Å². The van der Waals surface area contributed by atoms with Crippen molar-refractivity contribution in [2.24, 2.45) is 0 Å². The lowest BCUT2D eigenvalue weighted by Gasteiger charge is -2.21. The Hall–Kier alpha value is -2.15. The van der Waals surface area contributed by atoms with Gasteiger partial charge >= 0.3 is 0 Å². The number of nitrogens with zero attached hydrogens (tertiary/aromatic N) is 1. The summed E-state index contributed by atoms with van der Waals surface area (Å²) in [7, 11) is -1.49. The second kappa shape index (κ2) is 7.61. The molecule has 2 aromatic carbocycles. The first-order valence-electron chi connectivity index (χ1n) is 7.46. The van der Waals surface area contributed by atoms with Gasteiger partial charge in [0.05, 0.1) is 5.69 Å². The maximum absolute atomic E-state index is 13.0. The van der Waals surface area contributed by atoms with Crippen molar-refractivity contribution in [2.45, 2.75) is 17.3 Å². The highest BCUT2D eigenvalue weighted by Gasteiger charge is 2.22. The fourth-order valence-electron chi connectivity index (χ4n) is 2.33. The predicted octanol–water partition coefficient (Wildman–Crippen LogP) is 3.76. The molecule has 0 saturated heterocycles. The molecule has 1 unspecified atom stereocenters. The summed E-state index contributed by atoms with van der Waals surface area (Å²) in [5, 5.41) is 11.7. The van der Waals surface area contributed by atoms with E-state index in [9.17, 15) is 9.32 Å². The van der Waals surface area contributed by atoms with Crippen LogP contribution >= 0.6 is 11.3 Å². The molecule has 24 heavy (non-hydrogen) atoms. The molecule has 1 atom stereocenters. The normalized spacial score (nSPS) is 12.4. The highest BCUT2D eigenvalue weighted by molar-refractivity contribution is 7.85. The molecule has 124 valence electrons. The molecule has 1 heterocycles. The van der Waals surface area contributed by atoms with Crippen molar-refractivity contribution in [1.29, 1.82) is 0 Å². The zero-order valence-electron chi connectivity index (χ0n) is 13.0. The fourth-order valence-corrected chi connectivity index (χ4v) is 4.75. The van der Waals surface area contributed by atoms with E-state index in [-0.39, 0.29) is 11.4 Å². The maximum Gasteiger partial charge on any atom is 0.167 e. The topological polar surface area (TPSA) is 66.6 Å². The third-order valence-corrected chi connectivity index (χ3v) is 6.29. The summed E-state index contributed by atoms with van der Waals surface area (Å²) in [6.07, 6.45) is 0. The Morgan fingerprint density at radius 3 is 1.88 bits per heavy atom. The molecule has 0 bridgehead atoms. The quantitative estimate of drug-likeness (QED) is 0.705. The monoisotopic (exact) mass is 358 g/mol. The summed E-state index contributed by atoms with van der Waals surface area (Å²) in [6.45, 7) is 1.03. The Morgan fingerprint density at radius 1 is 0.958 bits per heavy atom. The molecule has 1 aromatic heterocycles. The molecule has 0 fully saturated rings. The molecule has 0 aliphatic heterocycles. The van der Waals surface area contributed by atoms with Gasteiger partial charge in [0.15, 0.2) is 9.96 Å². The first-order chi connectivity index (χ1) is 11.6. The van der Waals surface area contributed by atoms with E-state index in [1.165, 1.54) is 11.3 Å². The zero-order valence-corrected chi connectivity index (χ0v) is 14.6. The SMILES string of the molecule is Nc1csc(S(=O)N(Cc2ccccc2)Cc2ccccc2)c1O. The Balaban J connectivity index is 1.89. The average Bonchev–Trinajstić information content (AvgIpc) is 2.95. The summed E-state index contributed by atoms with van der Waals surface area (Å²) < 4.78 is 15.2. The molecule has 4 nitrogen and oxygen atoms in total. The van der Waals surface area contributed by atoms with E-state index >= 15 is 0 Å². The van der Waals surface area contributed by atoms with E-state index in [2.05, 4.69) is 0 Å². The van der Waals surface area contributed by atoms with Crippen LogP contribution in [0.5, 0.6) is 5.75 Å². The van der Waals surface area contributed by atoms with Gasteiger partial charge in [0, 0.05) is 18.5 Å².